The van der Waals surface area contributed by atoms with Gasteiger partial charge in [-0.3, -0.25) is 0 Å². The average Bonchev–Trinajstić information content (AvgIpc) is 3.75. The van der Waals surface area contributed by atoms with Gasteiger partial charge in [-0.05, 0) is 64.7 Å². The van der Waals surface area contributed by atoms with Crippen LogP contribution >= 0.6 is 0 Å². The fraction of sp³-hybridized carbons (Fsp3) is 0. The third-order valence-electron chi connectivity index (χ3n) is 8.79. The summed E-state index contributed by atoms with van der Waals surface area (Å²) < 4.78 is 15.4. The topological polar surface area (TPSA) is 44.1 Å². The van der Waals surface area contributed by atoms with Crippen LogP contribution in [0.15, 0.2) is 142 Å². The molecule has 0 saturated carbocycles. The van der Waals surface area contributed by atoms with E-state index in [2.05, 4.69) is 114 Å². The summed E-state index contributed by atoms with van der Waals surface area (Å²) in [5.74, 6) is 0.606. The van der Waals surface area contributed by atoms with E-state index in [4.69, 9.17) is 13.8 Å². The minimum atomic E-state index is 0.606. The third kappa shape index (κ3) is 3.12. The van der Waals surface area contributed by atoms with Gasteiger partial charge in [-0.25, -0.2) is 4.98 Å². The van der Waals surface area contributed by atoms with E-state index in [9.17, 15) is 0 Å². The van der Waals surface area contributed by atoms with Crippen molar-refractivity contribution in [2.75, 3.05) is 0 Å². The molecular formula is C39H22N2O2. The van der Waals surface area contributed by atoms with Crippen molar-refractivity contribution < 1.29 is 8.83 Å². The molecule has 43 heavy (non-hydrogen) atoms. The summed E-state index contributed by atoms with van der Waals surface area (Å²) in [6.07, 6.45) is 0. The van der Waals surface area contributed by atoms with E-state index in [1.165, 1.54) is 27.1 Å². The highest BCUT2D eigenvalue weighted by Gasteiger charge is 2.22. The number of furan rings is 1. The Morgan fingerprint density at radius 2 is 1.21 bits per heavy atom. The van der Waals surface area contributed by atoms with E-state index in [-0.39, 0.29) is 0 Å². The number of oxazole rings is 1. The summed E-state index contributed by atoms with van der Waals surface area (Å²) in [6.45, 7) is 0. The Morgan fingerprint density at radius 1 is 0.488 bits per heavy atom. The number of benzene rings is 7. The van der Waals surface area contributed by atoms with Crippen LogP contribution in [-0.2, 0) is 0 Å². The smallest absolute Gasteiger partial charge is 0.227 e. The second-order valence-electron chi connectivity index (χ2n) is 11.2. The summed E-state index contributed by atoms with van der Waals surface area (Å²) in [7, 11) is 0. The van der Waals surface area contributed by atoms with Gasteiger partial charge in [-0.1, -0.05) is 84.9 Å². The van der Waals surface area contributed by atoms with E-state index in [0.717, 1.165) is 60.6 Å². The molecule has 0 aliphatic carbocycles. The normalized spacial score (nSPS) is 12.2. The van der Waals surface area contributed by atoms with Gasteiger partial charge in [-0.2, -0.15) is 0 Å². The molecule has 3 heterocycles. The van der Waals surface area contributed by atoms with E-state index >= 15 is 0 Å². The highest BCUT2D eigenvalue weighted by Crippen LogP contribution is 2.44. The first-order chi connectivity index (χ1) is 21.3. The zero-order valence-corrected chi connectivity index (χ0v) is 22.9. The van der Waals surface area contributed by atoms with E-state index in [1.54, 1.807) is 0 Å². The monoisotopic (exact) mass is 550 g/mol. The lowest BCUT2D eigenvalue weighted by Crippen LogP contribution is -1.94. The largest absolute Gasteiger partial charge is 0.455 e. The molecule has 3 aromatic heterocycles. The summed E-state index contributed by atoms with van der Waals surface area (Å²) in [5.41, 5.74) is 7.69. The first kappa shape index (κ1) is 22.8. The van der Waals surface area contributed by atoms with Crippen LogP contribution in [0.2, 0.25) is 0 Å². The van der Waals surface area contributed by atoms with Gasteiger partial charge in [0, 0.05) is 27.1 Å². The number of aromatic nitrogens is 2. The second kappa shape index (κ2) is 8.34. The van der Waals surface area contributed by atoms with Gasteiger partial charge >= 0.3 is 0 Å². The van der Waals surface area contributed by atoms with Gasteiger partial charge in [0.25, 0.3) is 0 Å². The zero-order valence-electron chi connectivity index (χ0n) is 22.9. The summed E-state index contributed by atoms with van der Waals surface area (Å²) in [6, 6.07) is 46.7. The van der Waals surface area contributed by atoms with Crippen molar-refractivity contribution in [3.8, 4) is 17.1 Å². The van der Waals surface area contributed by atoms with E-state index in [0.29, 0.717) is 5.89 Å². The van der Waals surface area contributed by atoms with Gasteiger partial charge in [0.05, 0.1) is 22.1 Å². The minimum absolute atomic E-state index is 0.606. The molecule has 0 radical (unpaired) electrons. The molecule has 0 aliphatic rings. The van der Waals surface area contributed by atoms with E-state index < -0.39 is 0 Å². The molecule has 4 nitrogen and oxygen atoms in total. The summed E-state index contributed by atoms with van der Waals surface area (Å²) in [4.78, 5) is 4.88. The van der Waals surface area contributed by atoms with Crippen molar-refractivity contribution in [3.63, 3.8) is 0 Å². The first-order valence-electron chi connectivity index (χ1n) is 14.5. The van der Waals surface area contributed by atoms with Crippen LogP contribution in [0.5, 0.6) is 0 Å². The molecule has 10 aromatic rings. The van der Waals surface area contributed by atoms with Crippen LogP contribution in [0.4, 0.5) is 0 Å². The fourth-order valence-corrected chi connectivity index (χ4v) is 6.90. The molecule has 200 valence electrons. The Morgan fingerprint density at radius 3 is 2.09 bits per heavy atom. The molecule has 10 rings (SSSR count). The van der Waals surface area contributed by atoms with Crippen LogP contribution in [0, 0.1) is 0 Å². The predicted molar refractivity (Wildman–Crippen MR) is 176 cm³/mol. The number of hydrogen-bond donors (Lipinski definition) is 0. The fourth-order valence-electron chi connectivity index (χ4n) is 6.90. The molecule has 7 aromatic carbocycles. The van der Waals surface area contributed by atoms with Crippen molar-refractivity contribution in [1.82, 2.24) is 9.55 Å². The van der Waals surface area contributed by atoms with Crippen LogP contribution in [0.25, 0.3) is 93.5 Å². The summed E-state index contributed by atoms with van der Waals surface area (Å²) in [5, 5.41) is 9.09. The molecule has 0 N–H and O–H groups in total. The molecule has 0 fully saturated rings. The SMILES string of the molecule is c1ccc2cc3c(cc2c1)c1ccccc1n3-c1cccc2oc3c4ccccc4c(-c4nc5ccccc5o4)cc3c12. The maximum absolute atomic E-state index is 6.68. The van der Waals surface area contributed by atoms with Gasteiger partial charge in [0.15, 0.2) is 5.58 Å². The maximum Gasteiger partial charge on any atom is 0.227 e. The van der Waals surface area contributed by atoms with Crippen molar-refractivity contribution in [3.05, 3.63) is 133 Å². The highest BCUT2D eigenvalue weighted by molar-refractivity contribution is 6.22. The predicted octanol–water partition coefficient (Wildman–Crippen LogP) is 10.8. The van der Waals surface area contributed by atoms with Crippen LogP contribution < -0.4 is 0 Å². The quantitative estimate of drug-likeness (QED) is 0.215. The van der Waals surface area contributed by atoms with Crippen molar-refractivity contribution in [2.45, 2.75) is 0 Å². The lowest BCUT2D eigenvalue weighted by atomic mass is 9.99. The number of fused-ring (bicyclic) bond motifs is 10. The van der Waals surface area contributed by atoms with Gasteiger partial charge in [-0.15, -0.1) is 0 Å². The second-order valence-corrected chi connectivity index (χ2v) is 11.2. The number of nitrogens with zero attached hydrogens (tertiary/aromatic N) is 2. The van der Waals surface area contributed by atoms with Crippen LogP contribution in [0.1, 0.15) is 0 Å². The molecule has 0 unspecified atom stereocenters. The molecule has 0 atom stereocenters. The Kier molecular flexibility index (Phi) is 4.42. The van der Waals surface area contributed by atoms with Crippen molar-refractivity contribution in [1.29, 1.82) is 0 Å². The Balaban J connectivity index is 1.36. The van der Waals surface area contributed by atoms with Gasteiger partial charge in [0.1, 0.15) is 16.7 Å². The first-order valence-corrected chi connectivity index (χ1v) is 14.5. The van der Waals surface area contributed by atoms with Gasteiger partial charge in [0.2, 0.25) is 5.89 Å². The summed E-state index contributed by atoms with van der Waals surface area (Å²) >= 11 is 0. The van der Waals surface area contributed by atoms with Crippen LogP contribution in [0.3, 0.4) is 0 Å². The number of hydrogen-bond acceptors (Lipinski definition) is 3. The minimum Gasteiger partial charge on any atom is -0.455 e. The lowest BCUT2D eigenvalue weighted by molar-refractivity contribution is 0.620. The van der Waals surface area contributed by atoms with Gasteiger partial charge < -0.3 is 13.4 Å². The van der Waals surface area contributed by atoms with Crippen molar-refractivity contribution >= 4 is 76.4 Å². The molecule has 0 amide bonds. The number of para-hydroxylation sites is 3. The average molecular weight is 551 g/mol. The Labute approximate surface area is 245 Å². The van der Waals surface area contributed by atoms with E-state index in [1.807, 2.05) is 24.3 Å². The third-order valence-corrected chi connectivity index (χ3v) is 8.79. The van der Waals surface area contributed by atoms with Crippen LogP contribution in [-0.4, -0.2) is 9.55 Å². The lowest BCUT2D eigenvalue weighted by Gasteiger charge is -2.10. The van der Waals surface area contributed by atoms with Crippen molar-refractivity contribution in [2.24, 2.45) is 0 Å². The Hall–Kier alpha value is -5.87. The standard InChI is InChI=1S/C39H22N2O2/c1-2-11-24-21-34-28(20-23(24)10-1)26-13-5-7-16-32(26)41(34)33-17-9-19-36-37(33)30-22-29(25-12-3-4-14-27(25)38(30)42-36)39-40-31-15-6-8-18-35(31)43-39/h1-22H. The Bertz CT molecular complexity index is 2710. The molecule has 0 saturated heterocycles. The molecule has 0 spiro atoms. The molecule has 0 bridgehead atoms. The number of rotatable bonds is 2. The molecule has 0 aliphatic heterocycles. The maximum atomic E-state index is 6.68. The molecular weight excluding hydrogens is 528 g/mol. The molecule has 4 heteroatoms. The zero-order chi connectivity index (χ0) is 28.1. The highest BCUT2D eigenvalue weighted by atomic mass is 16.3.